The highest BCUT2D eigenvalue weighted by Crippen LogP contribution is 2.29. The van der Waals surface area contributed by atoms with Gasteiger partial charge in [-0.15, -0.1) is 35.3 Å². The van der Waals surface area contributed by atoms with E-state index in [-0.39, 0.29) is 29.7 Å². The lowest BCUT2D eigenvalue weighted by Gasteiger charge is -2.12. The number of nitrogens with zero attached hydrogens (tertiary/aromatic N) is 1. The average Bonchev–Trinajstić information content (AvgIpc) is 3.10. The van der Waals surface area contributed by atoms with Crippen LogP contribution in [0.2, 0.25) is 0 Å². The molecule has 2 rings (SSSR count). The molecule has 2 aromatic rings. The number of methoxy groups -OCH3 is 1. The molecule has 0 saturated carbocycles. The Morgan fingerprint density at radius 2 is 2.04 bits per heavy atom. The van der Waals surface area contributed by atoms with Crippen LogP contribution in [0.5, 0.6) is 11.5 Å². The molecule has 25 heavy (non-hydrogen) atoms. The first kappa shape index (κ1) is 21.6. The van der Waals surface area contributed by atoms with Gasteiger partial charge in [-0.3, -0.25) is 4.99 Å². The lowest BCUT2D eigenvalue weighted by Crippen LogP contribution is -2.38. The van der Waals surface area contributed by atoms with Gasteiger partial charge in [-0.2, -0.15) is 0 Å². The number of halogens is 1. The van der Waals surface area contributed by atoms with Crippen LogP contribution in [0.4, 0.5) is 0 Å². The lowest BCUT2D eigenvalue weighted by molar-refractivity contribution is 0.370. The molecule has 0 saturated heterocycles. The van der Waals surface area contributed by atoms with Crippen LogP contribution in [-0.2, 0) is 12.8 Å². The molecule has 0 atom stereocenters. The number of para-hydroxylation sites is 1. The molecular formula is C18H26IN3O2S. The Kier molecular flexibility index (Phi) is 10.3. The zero-order valence-corrected chi connectivity index (χ0v) is 17.8. The molecule has 1 heterocycles. The van der Waals surface area contributed by atoms with Crippen molar-refractivity contribution >= 4 is 41.3 Å². The summed E-state index contributed by atoms with van der Waals surface area (Å²) in [6.07, 6.45) is 1.64. The quantitative estimate of drug-likeness (QED) is 0.311. The summed E-state index contributed by atoms with van der Waals surface area (Å²) >= 11 is 1.76. The lowest BCUT2D eigenvalue weighted by atomic mass is 10.1. The van der Waals surface area contributed by atoms with Gasteiger partial charge in [-0.1, -0.05) is 18.2 Å². The highest BCUT2D eigenvalue weighted by molar-refractivity contribution is 14.0. The van der Waals surface area contributed by atoms with Gasteiger partial charge in [0.05, 0.1) is 7.11 Å². The van der Waals surface area contributed by atoms with E-state index in [9.17, 15) is 5.11 Å². The number of aromatic hydroxyl groups is 1. The molecule has 0 fully saturated rings. The fraction of sp³-hybridized carbons (Fsp3) is 0.389. The third-order valence-electron chi connectivity index (χ3n) is 3.54. The number of benzene rings is 1. The molecule has 3 N–H and O–H groups in total. The highest BCUT2D eigenvalue weighted by Gasteiger charge is 2.07. The zero-order valence-electron chi connectivity index (χ0n) is 14.6. The van der Waals surface area contributed by atoms with Crippen molar-refractivity contribution in [2.75, 3.05) is 26.7 Å². The molecule has 5 nitrogen and oxygen atoms in total. The standard InChI is InChI=1S/C18H25N3O2S.HI/c1-3-19-18(21-12-10-15-7-5-13-24-15)20-11-9-14-6-4-8-16(23-2)17(14)22;/h4-8,13,22H,3,9-12H2,1-2H3,(H2,19,20,21);1H. The summed E-state index contributed by atoms with van der Waals surface area (Å²) in [5.74, 6) is 1.52. The largest absolute Gasteiger partial charge is 0.504 e. The number of thiophene rings is 1. The Hall–Kier alpha value is -1.48. The first-order chi connectivity index (χ1) is 11.7. The third-order valence-corrected chi connectivity index (χ3v) is 4.48. The van der Waals surface area contributed by atoms with Gasteiger partial charge in [-0.25, -0.2) is 0 Å². The maximum Gasteiger partial charge on any atom is 0.191 e. The van der Waals surface area contributed by atoms with Crippen LogP contribution < -0.4 is 15.4 Å². The number of hydrogen-bond donors (Lipinski definition) is 3. The molecule has 0 unspecified atom stereocenters. The molecule has 0 spiro atoms. The van der Waals surface area contributed by atoms with E-state index in [0.717, 1.165) is 31.0 Å². The molecule has 138 valence electrons. The van der Waals surface area contributed by atoms with Crippen molar-refractivity contribution in [3.63, 3.8) is 0 Å². The van der Waals surface area contributed by atoms with Gasteiger partial charge < -0.3 is 20.5 Å². The van der Waals surface area contributed by atoms with E-state index in [0.29, 0.717) is 18.7 Å². The number of ether oxygens (including phenoxy) is 1. The number of rotatable bonds is 8. The van der Waals surface area contributed by atoms with E-state index in [1.165, 1.54) is 4.88 Å². The van der Waals surface area contributed by atoms with Gasteiger partial charge in [0.2, 0.25) is 0 Å². The average molecular weight is 475 g/mol. The summed E-state index contributed by atoms with van der Waals surface area (Å²) in [7, 11) is 1.56. The highest BCUT2D eigenvalue weighted by atomic mass is 127. The Morgan fingerprint density at radius 3 is 2.72 bits per heavy atom. The van der Waals surface area contributed by atoms with Crippen molar-refractivity contribution < 1.29 is 9.84 Å². The summed E-state index contributed by atoms with van der Waals surface area (Å²) in [6.45, 7) is 4.30. The zero-order chi connectivity index (χ0) is 17.2. The SMILES string of the molecule is CCNC(=NCCc1cccs1)NCCc1cccc(OC)c1O.I. The number of phenols is 1. The number of hydrogen-bond acceptors (Lipinski definition) is 4. The van der Waals surface area contributed by atoms with Crippen molar-refractivity contribution in [1.82, 2.24) is 10.6 Å². The first-order valence-corrected chi connectivity index (χ1v) is 9.02. The van der Waals surface area contributed by atoms with Crippen LogP contribution in [0.25, 0.3) is 0 Å². The second-order valence-electron chi connectivity index (χ2n) is 5.23. The van der Waals surface area contributed by atoms with E-state index < -0.39 is 0 Å². The fourth-order valence-electron chi connectivity index (χ4n) is 2.32. The van der Waals surface area contributed by atoms with Crippen molar-refractivity contribution in [3.8, 4) is 11.5 Å². The molecule has 0 amide bonds. The normalized spacial score (nSPS) is 10.9. The van der Waals surface area contributed by atoms with Crippen molar-refractivity contribution in [2.45, 2.75) is 19.8 Å². The summed E-state index contributed by atoms with van der Waals surface area (Å²) in [5.41, 5.74) is 0.858. The minimum Gasteiger partial charge on any atom is -0.504 e. The van der Waals surface area contributed by atoms with Gasteiger partial charge in [0, 0.05) is 30.9 Å². The summed E-state index contributed by atoms with van der Waals surface area (Å²) < 4.78 is 5.13. The van der Waals surface area contributed by atoms with Crippen LogP contribution in [-0.4, -0.2) is 37.8 Å². The second kappa shape index (κ2) is 12.0. The summed E-state index contributed by atoms with van der Waals surface area (Å²) in [6, 6.07) is 9.73. The molecule has 0 aliphatic rings. The Balaban J connectivity index is 0.00000312. The molecule has 0 bridgehead atoms. The van der Waals surface area contributed by atoms with E-state index in [4.69, 9.17) is 4.74 Å². The van der Waals surface area contributed by atoms with Crippen LogP contribution in [0.1, 0.15) is 17.4 Å². The monoisotopic (exact) mass is 475 g/mol. The predicted molar refractivity (Wildman–Crippen MR) is 116 cm³/mol. The topological polar surface area (TPSA) is 65.9 Å². The summed E-state index contributed by atoms with van der Waals surface area (Å²) in [5, 5.41) is 18.7. The van der Waals surface area contributed by atoms with Crippen LogP contribution >= 0.6 is 35.3 Å². The van der Waals surface area contributed by atoms with Gasteiger partial charge in [0.25, 0.3) is 0 Å². The number of guanidine groups is 1. The van der Waals surface area contributed by atoms with Crippen molar-refractivity contribution in [1.29, 1.82) is 0 Å². The van der Waals surface area contributed by atoms with Gasteiger partial charge in [0.15, 0.2) is 17.5 Å². The Morgan fingerprint density at radius 1 is 1.20 bits per heavy atom. The third kappa shape index (κ3) is 7.11. The maximum absolute atomic E-state index is 10.1. The molecule has 0 radical (unpaired) electrons. The smallest absolute Gasteiger partial charge is 0.191 e. The van der Waals surface area contributed by atoms with E-state index in [2.05, 4.69) is 33.1 Å². The van der Waals surface area contributed by atoms with Crippen molar-refractivity contribution in [3.05, 3.63) is 46.2 Å². The fourth-order valence-corrected chi connectivity index (χ4v) is 3.02. The maximum atomic E-state index is 10.1. The van der Waals surface area contributed by atoms with Gasteiger partial charge >= 0.3 is 0 Å². The molecular weight excluding hydrogens is 449 g/mol. The molecule has 1 aromatic heterocycles. The molecule has 0 aliphatic heterocycles. The van der Waals surface area contributed by atoms with Crippen molar-refractivity contribution in [2.24, 2.45) is 4.99 Å². The number of nitrogens with one attached hydrogen (secondary N) is 2. The van der Waals surface area contributed by atoms with E-state index in [1.807, 2.05) is 19.1 Å². The predicted octanol–water partition coefficient (Wildman–Crippen LogP) is 3.42. The number of aliphatic imine (C=N–C) groups is 1. The van der Waals surface area contributed by atoms with E-state index in [1.54, 1.807) is 24.5 Å². The molecule has 1 aromatic carbocycles. The minimum absolute atomic E-state index is 0. The molecule has 7 heteroatoms. The van der Waals surface area contributed by atoms with Gasteiger partial charge in [-0.05, 0) is 36.4 Å². The van der Waals surface area contributed by atoms with Crippen LogP contribution in [0.15, 0.2) is 40.7 Å². The second-order valence-corrected chi connectivity index (χ2v) is 6.27. The molecule has 0 aliphatic carbocycles. The van der Waals surface area contributed by atoms with Crippen LogP contribution in [0.3, 0.4) is 0 Å². The summed E-state index contributed by atoms with van der Waals surface area (Å²) in [4.78, 5) is 5.93. The Bertz CT molecular complexity index is 648. The number of phenolic OH excluding ortho intramolecular Hbond substituents is 1. The van der Waals surface area contributed by atoms with E-state index >= 15 is 0 Å². The Labute approximate surface area is 170 Å². The van der Waals surface area contributed by atoms with Crippen LogP contribution in [0, 0.1) is 0 Å². The minimum atomic E-state index is 0. The first-order valence-electron chi connectivity index (χ1n) is 8.14. The van der Waals surface area contributed by atoms with Gasteiger partial charge in [0.1, 0.15) is 0 Å².